The van der Waals surface area contributed by atoms with E-state index in [0.29, 0.717) is 28.9 Å². The molecule has 2 aromatic carbocycles. The standard InChI is InChI=1S/C27H26N6O2.C2HF3O2/c1-34-21-7-5-17(6-8-21)22-3-2-4-24-25(22)35-27(32-24)23-13-18(14-30-26(23)28)19-15-31-33(16-19)20-9-11-29-12-10-20;3-2(4,5)1(6)7/h2-8,13-16,20,29H,9-12H2,1H3,(H2,28,30);(H,6,7). The Balaban J connectivity index is 0.000000451. The van der Waals surface area contributed by atoms with E-state index < -0.39 is 12.1 Å². The molecule has 0 spiro atoms. The van der Waals surface area contributed by atoms with Crippen molar-refractivity contribution in [1.29, 1.82) is 0 Å². The number of piperidine rings is 1. The lowest BCUT2D eigenvalue weighted by atomic mass is 10.0. The van der Waals surface area contributed by atoms with E-state index in [9.17, 15) is 13.2 Å². The molecule has 0 radical (unpaired) electrons. The van der Waals surface area contributed by atoms with Gasteiger partial charge in [0.05, 0.1) is 24.9 Å². The first kappa shape index (κ1) is 28.6. The van der Waals surface area contributed by atoms with Gasteiger partial charge in [0, 0.05) is 29.1 Å². The monoisotopic (exact) mass is 580 g/mol. The smallest absolute Gasteiger partial charge is 0.490 e. The van der Waals surface area contributed by atoms with Gasteiger partial charge in [-0.25, -0.2) is 14.8 Å². The summed E-state index contributed by atoms with van der Waals surface area (Å²) in [6.45, 7) is 2.04. The van der Waals surface area contributed by atoms with Crippen LogP contribution in [0.5, 0.6) is 5.75 Å². The van der Waals surface area contributed by atoms with Gasteiger partial charge in [-0.2, -0.15) is 18.3 Å². The van der Waals surface area contributed by atoms with Crippen LogP contribution in [0.3, 0.4) is 0 Å². The fraction of sp³-hybridized carbons (Fsp3) is 0.241. The Morgan fingerprint density at radius 1 is 1.07 bits per heavy atom. The maximum absolute atomic E-state index is 10.6. The Kier molecular flexibility index (Phi) is 8.11. The number of hydrogen-bond donors (Lipinski definition) is 3. The number of carbonyl (C=O) groups is 1. The number of benzene rings is 2. The fourth-order valence-electron chi connectivity index (χ4n) is 4.62. The summed E-state index contributed by atoms with van der Waals surface area (Å²) >= 11 is 0. The summed E-state index contributed by atoms with van der Waals surface area (Å²) in [4.78, 5) is 18.1. The highest BCUT2D eigenvalue weighted by molar-refractivity contribution is 5.92. The number of aliphatic carboxylic acids is 1. The van der Waals surface area contributed by atoms with E-state index in [2.05, 4.69) is 26.3 Å². The molecule has 218 valence electrons. The zero-order chi connectivity index (χ0) is 29.9. The number of ether oxygens (including phenoxy) is 1. The molecule has 6 rings (SSSR count). The van der Waals surface area contributed by atoms with Crippen molar-refractivity contribution in [3.63, 3.8) is 0 Å². The van der Waals surface area contributed by atoms with Gasteiger partial charge in [0.25, 0.3) is 0 Å². The molecule has 0 amide bonds. The molecule has 1 aliphatic rings. The number of carboxylic acid groups (broad SMARTS) is 1. The summed E-state index contributed by atoms with van der Waals surface area (Å²) in [6.07, 6.45) is 2.80. The van der Waals surface area contributed by atoms with Crippen LogP contribution in [0.25, 0.3) is 44.8 Å². The molecule has 3 aromatic heterocycles. The lowest BCUT2D eigenvalue weighted by Crippen LogP contribution is -2.29. The van der Waals surface area contributed by atoms with Gasteiger partial charge in [-0.3, -0.25) is 4.68 Å². The molecule has 4 N–H and O–H groups in total. The average Bonchev–Trinajstić information content (AvgIpc) is 3.66. The van der Waals surface area contributed by atoms with E-state index in [1.54, 1.807) is 13.3 Å². The molecule has 1 fully saturated rings. The van der Waals surface area contributed by atoms with Crippen molar-refractivity contribution in [3.8, 4) is 39.5 Å². The number of aromatic nitrogens is 4. The number of alkyl halides is 3. The molecule has 1 saturated heterocycles. The van der Waals surface area contributed by atoms with Gasteiger partial charge < -0.3 is 25.3 Å². The maximum atomic E-state index is 10.6. The van der Waals surface area contributed by atoms with E-state index in [-0.39, 0.29) is 0 Å². The number of hydrogen-bond acceptors (Lipinski definition) is 8. The molecule has 0 aliphatic carbocycles. The first-order chi connectivity index (χ1) is 20.1. The summed E-state index contributed by atoms with van der Waals surface area (Å²) in [5, 5.41) is 15.1. The van der Waals surface area contributed by atoms with Gasteiger partial charge in [0.2, 0.25) is 5.89 Å². The van der Waals surface area contributed by atoms with Gasteiger partial charge >= 0.3 is 12.1 Å². The molecule has 0 bridgehead atoms. The number of anilines is 1. The van der Waals surface area contributed by atoms with Crippen molar-refractivity contribution in [2.45, 2.75) is 25.1 Å². The van der Waals surface area contributed by atoms with Crippen LogP contribution in [0.2, 0.25) is 0 Å². The van der Waals surface area contributed by atoms with Crippen LogP contribution < -0.4 is 15.8 Å². The van der Waals surface area contributed by atoms with Crippen molar-refractivity contribution in [1.82, 2.24) is 25.1 Å². The Morgan fingerprint density at radius 2 is 1.79 bits per heavy atom. The Hall–Kier alpha value is -4.91. The number of rotatable bonds is 5. The molecule has 0 saturated carbocycles. The van der Waals surface area contributed by atoms with E-state index in [1.165, 1.54) is 0 Å². The highest BCUT2D eigenvalue weighted by Crippen LogP contribution is 2.36. The minimum absolute atomic E-state index is 0.372. The number of methoxy groups -OCH3 is 1. The van der Waals surface area contributed by atoms with Crippen molar-refractivity contribution in [2.24, 2.45) is 0 Å². The largest absolute Gasteiger partial charge is 0.497 e. The number of nitrogens with two attached hydrogens (primary N) is 1. The summed E-state index contributed by atoms with van der Waals surface area (Å²) in [6, 6.07) is 16.2. The number of halogens is 3. The van der Waals surface area contributed by atoms with Crippen LogP contribution in [0.4, 0.5) is 19.0 Å². The minimum Gasteiger partial charge on any atom is -0.497 e. The van der Waals surface area contributed by atoms with Gasteiger partial charge in [-0.05, 0) is 55.8 Å². The van der Waals surface area contributed by atoms with E-state index in [0.717, 1.165) is 59.5 Å². The van der Waals surface area contributed by atoms with E-state index in [4.69, 9.17) is 29.8 Å². The molecule has 42 heavy (non-hydrogen) atoms. The molecule has 5 aromatic rings. The van der Waals surface area contributed by atoms with Gasteiger partial charge in [-0.1, -0.05) is 24.3 Å². The molecular weight excluding hydrogens is 553 g/mol. The quantitative estimate of drug-likeness (QED) is 0.243. The summed E-state index contributed by atoms with van der Waals surface area (Å²) < 4.78 is 45.4. The number of oxazole rings is 1. The second-order valence-electron chi connectivity index (χ2n) is 9.55. The molecule has 13 heteroatoms. The third-order valence-corrected chi connectivity index (χ3v) is 6.83. The van der Waals surface area contributed by atoms with Crippen LogP contribution in [-0.4, -0.2) is 57.2 Å². The number of nitrogen functional groups attached to an aromatic ring is 1. The normalized spacial score (nSPS) is 13.9. The molecule has 10 nitrogen and oxygen atoms in total. The van der Waals surface area contributed by atoms with Crippen molar-refractivity contribution in [2.75, 3.05) is 25.9 Å². The summed E-state index contributed by atoms with van der Waals surface area (Å²) in [5.41, 5.74) is 12.3. The van der Waals surface area contributed by atoms with Crippen LogP contribution in [0.1, 0.15) is 18.9 Å². The van der Waals surface area contributed by atoms with Gasteiger partial charge in [0.15, 0.2) is 5.58 Å². The number of nitrogens with one attached hydrogen (secondary N) is 1. The number of carboxylic acids is 1. The number of nitrogens with zero attached hydrogens (tertiary/aromatic N) is 4. The molecule has 1 aliphatic heterocycles. The number of pyridine rings is 1. The predicted molar refractivity (Wildman–Crippen MR) is 150 cm³/mol. The van der Waals surface area contributed by atoms with Gasteiger partial charge in [-0.15, -0.1) is 0 Å². The summed E-state index contributed by atoms with van der Waals surface area (Å²) in [5.74, 6) is -1.14. The number of para-hydroxylation sites is 1. The third kappa shape index (κ3) is 6.20. The van der Waals surface area contributed by atoms with Crippen molar-refractivity contribution >= 4 is 22.9 Å². The second-order valence-corrected chi connectivity index (χ2v) is 9.55. The zero-order valence-electron chi connectivity index (χ0n) is 22.4. The Labute approximate surface area is 238 Å². The van der Waals surface area contributed by atoms with E-state index >= 15 is 0 Å². The molecule has 0 atom stereocenters. The van der Waals surface area contributed by atoms with Gasteiger partial charge in [0.1, 0.15) is 17.1 Å². The topological polar surface area (TPSA) is 141 Å². The van der Waals surface area contributed by atoms with E-state index in [1.807, 2.05) is 54.7 Å². The van der Waals surface area contributed by atoms with Crippen molar-refractivity contribution in [3.05, 3.63) is 67.1 Å². The lowest BCUT2D eigenvalue weighted by molar-refractivity contribution is -0.192. The first-order valence-electron chi connectivity index (χ1n) is 13.0. The zero-order valence-corrected chi connectivity index (χ0v) is 22.4. The average molecular weight is 581 g/mol. The van der Waals surface area contributed by atoms with Crippen molar-refractivity contribution < 1.29 is 32.2 Å². The third-order valence-electron chi connectivity index (χ3n) is 6.83. The van der Waals surface area contributed by atoms with Crippen LogP contribution >= 0.6 is 0 Å². The molecular formula is C29H27F3N6O4. The Bertz CT molecular complexity index is 1690. The molecule has 0 unspecified atom stereocenters. The first-order valence-corrected chi connectivity index (χ1v) is 13.0. The second kappa shape index (κ2) is 11.9. The highest BCUT2D eigenvalue weighted by atomic mass is 19.4. The fourth-order valence-corrected chi connectivity index (χ4v) is 4.62. The Morgan fingerprint density at radius 3 is 2.45 bits per heavy atom. The molecule has 4 heterocycles. The summed E-state index contributed by atoms with van der Waals surface area (Å²) in [7, 11) is 1.66. The minimum atomic E-state index is -5.08. The van der Waals surface area contributed by atoms with Crippen LogP contribution in [-0.2, 0) is 4.79 Å². The lowest BCUT2D eigenvalue weighted by Gasteiger charge is -2.22. The van der Waals surface area contributed by atoms with Crippen LogP contribution in [0, 0.1) is 0 Å². The SMILES string of the molecule is COc1ccc(-c2cccc3nc(-c4cc(-c5cnn(C6CCNCC6)c5)cnc4N)oc23)cc1.O=C(O)C(F)(F)F. The predicted octanol–water partition coefficient (Wildman–Crippen LogP) is 5.57. The highest BCUT2D eigenvalue weighted by Gasteiger charge is 2.38. The van der Waals surface area contributed by atoms with Crippen LogP contribution in [0.15, 0.2) is 71.5 Å². The number of fused-ring (bicyclic) bond motifs is 1. The maximum Gasteiger partial charge on any atom is 0.490 e.